The highest BCUT2D eigenvalue weighted by atomic mass is 16.7. The molecule has 0 heterocycles. The van der Waals surface area contributed by atoms with Crippen molar-refractivity contribution in [3.8, 4) is 6.07 Å². The summed E-state index contributed by atoms with van der Waals surface area (Å²) in [5.41, 5.74) is 0. The Balaban J connectivity index is 3.80. The number of hydrogen-bond acceptors (Lipinski definition) is 6. The molecule has 0 aromatic carbocycles. The molecule has 0 radical (unpaired) electrons. The Morgan fingerprint density at radius 2 is 2.00 bits per heavy atom. The molecule has 0 aliphatic rings. The monoisotopic (exact) mass is 214 g/mol. The van der Waals surface area contributed by atoms with Crippen LogP contribution in [0.1, 0.15) is 25.7 Å². The van der Waals surface area contributed by atoms with Crippen molar-refractivity contribution in [1.82, 2.24) is 0 Å². The number of carbonyl (C=O) groups excluding carboxylic acids is 1. The Kier molecular flexibility index (Phi) is 6.46. The number of hydrogen-bond donors (Lipinski definition) is 1. The molecule has 15 heavy (non-hydrogen) atoms. The molecule has 1 unspecified atom stereocenters. The van der Waals surface area contributed by atoms with Gasteiger partial charge in [-0.25, -0.2) is 4.79 Å². The second-order valence-corrected chi connectivity index (χ2v) is 2.83. The molecule has 0 aliphatic carbocycles. The van der Waals surface area contributed by atoms with Crippen LogP contribution in [-0.4, -0.2) is 17.0 Å². The molecule has 0 bridgehead atoms. The number of aliphatic carboxylic acids is 1. The number of carboxylic acids is 1. The van der Waals surface area contributed by atoms with Crippen LogP contribution in [0.4, 0.5) is 0 Å². The first-order valence-electron chi connectivity index (χ1n) is 4.24. The van der Waals surface area contributed by atoms with E-state index in [1.54, 1.807) is 0 Å². The van der Waals surface area contributed by atoms with Crippen LogP contribution in [0.2, 0.25) is 0 Å². The van der Waals surface area contributed by atoms with Crippen LogP contribution in [0.15, 0.2) is 5.34 Å². The molecule has 0 amide bonds. The molecule has 82 valence electrons. The standard InChI is InChI=1S/C8H10N2O5/c9-5-6(1-3-7(11)12)2-4-8(13)15-10-14/h6H,1-4H2,(H,11,12). The summed E-state index contributed by atoms with van der Waals surface area (Å²) in [5.74, 6) is -2.34. The molecule has 0 spiro atoms. The first-order valence-corrected chi connectivity index (χ1v) is 4.24. The molecule has 0 rings (SSSR count). The molecular formula is C8H10N2O5. The summed E-state index contributed by atoms with van der Waals surface area (Å²) in [5, 5.41) is 18.9. The molecule has 1 N–H and O–H groups in total. The fourth-order valence-electron chi connectivity index (χ4n) is 0.950. The quantitative estimate of drug-likeness (QED) is 0.498. The van der Waals surface area contributed by atoms with E-state index in [1.165, 1.54) is 0 Å². The van der Waals surface area contributed by atoms with Crippen molar-refractivity contribution in [3.05, 3.63) is 4.91 Å². The van der Waals surface area contributed by atoms with Crippen molar-refractivity contribution >= 4 is 11.9 Å². The van der Waals surface area contributed by atoms with E-state index in [0.717, 1.165) is 0 Å². The second-order valence-electron chi connectivity index (χ2n) is 2.83. The number of nitrogens with zero attached hydrogens (tertiary/aromatic N) is 2. The van der Waals surface area contributed by atoms with E-state index >= 15 is 0 Å². The van der Waals surface area contributed by atoms with E-state index in [1.807, 2.05) is 11.4 Å². The van der Waals surface area contributed by atoms with Crippen molar-refractivity contribution in [3.63, 3.8) is 0 Å². The van der Waals surface area contributed by atoms with Crippen molar-refractivity contribution < 1.29 is 19.5 Å². The summed E-state index contributed by atoms with van der Waals surface area (Å²) < 4.78 is 0. The van der Waals surface area contributed by atoms with E-state index in [-0.39, 0.29) is 25.7 Å². The van der Waals surface area contributed by atoms with E-state index < -0.39 is 17.9 Å². The lowest BCUT2D eigenvalue weighted by molar-refractivity contribution is -0.144. The Hall–Kier alpha value is -1.97. The first-order chi connectivity index (χ1) is 7.10. The van der Waals surface area contributed by atoms with Gasteiger partial charge in [-0.2, -0.15) is 5.26 Å². The van der Waals surface area contributed by atoms with Crippen LogP contribution in [0.5, 0.6) is 0 Å². The van der Waals surface area contributed by atoms with Gasteiger partial charge in [0, 0.05) is 18.8 Å². The van der Waals surface area contributed by atoms with Crippen LogP contribution in [0.3, 0.4) is 0 Å². The predicted octanol–water partition coefficient (Wildman–Crippen LogP) is 0.996. The lowest BCUT2D eigenvalue weighted by atomic mass is 9.99. The minimum Gasteiger partial charge on any atom is -0.481 e. The number of rotatable bonds is 7. The van der Waals surface area contributed by atoms with Crippen molar-refractivity contribution in [2.45, 2.75) is 25.7 Å². The fraction of sp³-hybridized carbons (Fsp3) is 0.625. The van der Waals surface area contributed by atoms with Gasteiger partial charge in [0.1, 0.15) is 0 Å². The summed E-state index contributed by atoms with van der Waals surface area (Å²) in [4.78, 5) is 34.1. The van der Waals surface area contributed by atoms with Crippen LogP contribution in [0.25, 0.3) is 0 Å². The summed E-state index contributed by atoms with van der Waals surface area (Å²) >= 11 is 0. The number of carbonyl (C=O) groups is 2. The van der Waals surface area contributed by atoms with Crippen LogP contribution >= 0.6 is 0 Å². The van der Waals surface area contributed by atoms with Gasteiger partial charge in [-0.15, -0.1) is 4.91 Å². The molecule has 1 atom stereocenters. The van der Waals surface area contributed by atoms with E-state index in [9.17, 15) is 14.5 Å². The Labute approximate surface area is 85.6 Å². The fourth-order valence-corrected chi connectivity index (χ4v) is 0.950. The zero-order valence-electron chi connectivity index (χ0n) is 7.88. The third kappa shape index (κ3) is 7.13. The summed E-state index contributed by atoms with van der Waals surface area (Å²) in [6.45, 7) is 0. The topological polar surface area (TPSA) is 117 Å². The van der Waals surface area contributed by atoms with Crippen LogP contribution in [-0.2, 0) is 14.4 Å². The van der Waals surface area contributed by atoms with Gasteiger partial charge in [-0.3, -0.25) is 9.63 Å². The highest BCUT2D eigenvalue weighted by Gasteiger charge is 2.13. The van der Waals surface area contributed by atoms with Gasteiger partial charge in [0.2, 0.25) is 0 Å². The molecule has 0 saturated heterocycles. The zero-order valence-corrected chi connectivity index (χ0v) is 7.88. The molecule has 7 nitrogen and oxygen atoms in total. The lowest BCUT2D eigenvalue weighted by Crippen LogP contribution is -2.06. The number of nitriles is 1. The van der Waals surface area contributed by atoms with E-state index in [0.29, 0.717) is 0 Å². The van der Waals surface area contributed by atoms with E-state index in [4.69, 9.17) is 10.4 Å². The Bertz CT molecular complexity index is 283. The second kappa shape index (κ2) is 7.44. The normalized spacial score (nSPS) is 11.1. The largest absolute Gasteiger partial charge is 0.481 e. The van der Waals surface area contributed by atoms with Gasteiger partial charge >= 0.3 is 11.9 Å². The SMILES string of the molecule is N#CC(CCC(=O)O)CCC(=O)ON=O. The minimum absolute atomic E-state index is 0.121. The van der Waals surface area contributed by atoms with Gasteiger partial charge in [0.25, 0.3) is 0 Å². The molecule has 0 aromatic heterocycles. The van der Waals surface area contributed by atoms with Gasteiger partial charge in [0.05, 0.1) is 6.07 Å². The van der Waals surface area contributed by atoms with Crippen LogP contribution in [0, 0.1) is 22.2 Å². The zero-order chi connectivity index (χ0) is 11.7. The van der Waals surface area contributed by atoms with Gasteiger partial charge in [-0.1, -0.05) is 0 Å². The molecule has 0 fully saturated rings. The smallest absolute Gasteiger partial charge is 0.338 e. The maximum Gasteiger partial charge on any atom is 0.338 e. The predicted molar refractivity (Wildman–Crippen MR) is 47.1 cm³/mol. The molecular weight excluding hydrogens is 204 g/mol. The Morgan fingerprint density at radius 1 is 1.40 bits per heavy atom. The van der Waals surface area contributed by atoms with E-state index in [2.05, 4.69) is 4.84 Å². The van der Waals surface area contributed by atoms with Crippen molar-refractivity contribution in [2.24, 2.45) is 11.3 Å². The van der Waals surface area contributed by atoms with Gasteiger partial charge in [0.15, 0.2) is 5.34 Å². The maximum absolute atomic E-state index is 10.7. The molecule has 0 aliphatic heterocycles. The average Bonchev–Trinajstić information content (AvgIpc) is 2.18. The average molecular weight is 214 g/mol. The van der Waals surface area contributed by atoms with Gasteiger partial charge < -0.3 is 5.11 Å². The maximum atomic E-state index is 10.7. The van der Waals surface area contributed by atoms with Crippen LogP contribution < -0.4 is 0 Å². The number of carboxylic acid groups (broad SMARTS) is 1. The minimum atomic E-state index is -0.993. The third-order valence-electron chi connectivity index (χ3n) is 1.73. The highest BCUT2D eigenvalue weighted by Crippen LogP contribution is 2.13. The molecule has 7 heteroatoms. The highest BCUT2D eigenvalue weighted by molar-refractivity contribution is 5.69. The van der Waals surface area contributed by atoms with Crippen molar-refractivity contribution in [1.29, 1.82) is 5.26 Å². The molecule has 0 aromatic rings. The third-order valence-corrected chi connectivity index (χ3v) is 1.73. The summed E-state index contributed by atoms with van der Waals surface area (Å²) in [7, 11) is 0. The summed E-state index contributed by atoms with van der Waals surface area (Å²) in [6.07, 6.45) is 0.0918. The van der Waals surface area contributed by atoms with Gasteiger partial charge in [-0.05, 0) is 12.8 Å². The van der Waals surface area contributed by atoms with Crippen molar-refractivity contribution in [2.75, 3.05) is 0 Å². The molecule has 0 saturated carbocycles. The lowest BCUT2D eigenvalue weighted by Gasteiger charge is -2.04. The Morgan fingerprint density at radius 3 is 2.47 bits per heavy atom. The first kappa shape index (κ1) is 13.0. The summed E-state index contributed by atoms with van der Waals surface area (Å²) in [6, 6.07) is 1.88.